The number of carbonyl (C=O) groups excluding carboxylic acids is 1. The van der Waals surface area contributed by atoms with Gasteiger partial charge < -0.3 is 5.32 Å². The standard InChI is InChI=1S/C22H28N2O/c1-15-10-11-20(13-16(15)2)24-22(25)19-12-17(3)21(23-14-19)18-8-6-4-5-7-9-18/h4,6,9,11-15,17,21H,5,7-8,10H2,1-3H3,(H,24,25). The van der Waals surface area contributed by atoms with Crippen molar-refractivity contribution in [2.45, 2.75) is 52.5 Å². The van der Waals surface area contributed by atoms with Crippen LogP contribution in [0.1, 0.15) is 46.5 Å². The van der Waals surface area contributed by atoms with Crippen molar-refractivity contribution in [3.05, 3.63) is 58.9 Å². The van der Waals surface area contributed by atoms with E-state index in [4.69, 9.17) is 4.99 Å². The van der Waals surface area contributed by atoms with E-state index in [2.05, 4.69) is 62.5 Å². The predicted molar refractivity (Wildman–Crippen MR) is 104 cm³/mol. The molecule has 0 saturated heterocycles. The van der Waals surface area contributed by atoms with Crippen molar-refractivity contribution < 1.29 is 4.79 Å². The van der Waals surface area contributed by atoms with Gasteiger partial charge in [0.05, 0.1) is 11.6 Å². The van der Waals surface area contributed by atoms with Gasteiger partial charge in [-0.3, -0.25) is 9.79 Å². The molecule has 0 aromatic rings. The minimum Gasteiger partial charge on any atom is -0.322 e. The first kappa shape index (κ1) is 17.7. The van der Waals surface area contributed by atoms with E-state index in [-0.39, 0.29) is 17.9 Å². The highest BCUT2D eigenvalue weighted by Gasteiger charge is 2.24. The molecule has 3 nitrogen and oxygen atoms in total. The van der Waals surface area contributed by atoms with Gasteiger partial charge in [0.25, 0.3) is 5.91 Å². The highest BCUT2D eigenvalue weighted by molar-refractivity contribution is 6.13. The molecule has 3 atom stereocenters. The van der Waals surface area contributed by atoms with Crippen LogP contribution in [0.3, 0.4) is 0 Å². The summed E-state index contributed by atoms with van der Waals surface area (Å²) in [5.74, 6) is 0.730. The lowest BCUT2D eigenvalue weighted by atomic mass is 9.88. The zero-order chi connectivity index (χ0) is 17.8. The average molecular weight is 336 g/mol. The number of amides is 1. The molecule has 0 radical (unpaired) electrons. The molecule has 0 aromatic heterocycles. The second-order valence-electron chi connectivity index (χ2n) is 7.37. The lowest BCUT2D eigenvalue weighted by molar-refractivity contribution is -0.116. The molecule has 3 aliphatic rings. The summed E-state index contributed by atoms with van der Waals surface area (Å²) < 4.78 is 0. The van der Waals surface area contributed by atoms with Crippen LogP contribution in [0.2, 0.25) is 0 Å². The van der Waals surface area contributed by atoms with Crippen LogP contribution >= 0.6 is 0 Å². The first-order chi connectivity index (χ1) is 12.0. The number of rotatable bonds is 3. The van der Waals surface area contributed by atoms with E-state index in [0.29, 0.717) is 11.5 Å². The molecule has 3 unspecified atom stereocenters. The number of hydrogen-bond acceptors (Lipinski definition) is 2. The van der Waals surface area contributed by atoms with Gasteiger partial charge in [-0.05, 0) is 50.2 Å². The van der Waals surface area contributed by atoms with Gasteiger partial charge in [0.1, 0.15) is 0 Å². The molecule has 0 fully saturated rings. The van der Waals surface area contributed by atoms with E-state index in [0.717, 1.165) is 31.4 Å². The Morgan fingerprint density at radius 3 is 2.80 bits per heavy atom. The largest absolute Gasteiger partial charge is 0.322 e. The Labute approximate surface area is 151 Å². The van der Waals surface area contributed by atoms with E-state index in [1.54, 1.807) is 6.21 Å². The Morgan fingerprint density at radius 2 is 2.04 bits per heavy atom. The molecule has 25 heavy (non-hydrogen) atoms. The quantitative estimate of drug-likeness (QED) is 0.749. The monoisotopic (exact) mass is 336 g/mol. The van der Waals surface area contributed by atoms with Crippen molar-refractivity contribution in [2.24, 2.45) is 16.8 Å². The van der Waals surface area contributed by atoms with Gasteiger partial charge in [0, 0.05) is 17.8 Å². The number of aliphatic imine (C=N–C) groups is 1. The lowest BCUT2D eigenvalue weighted by Crippen LogP contribution is -2.29. The minimum absolute atomic E-state index is 0.0614. The van der Waals surface area contributed by atoms with Gasteiger partial charge in [-0.15, -0.1) is 0 Å². The molecule has 0 saturated carbocycles. The van der Waals surface area contributed by atoms with Crippen LogP contribution in [0.4, 0.5) is 0 Å². The van der Waals surface area contributed by atoms with Crippen molar-refractivity contribution in [3.63, 3.8) is 0 Å². The third-order valence-electron chi connectivity index (χ3n) is 5.33. The highest BCUT2D eigenvalue weighted by atomic mass is 16.1. The molecule has 2 aliphatic carbocycles. The summed E-state index contributed by atoms with van der Waals surface area (Å²) in [6.07, 6.45) is 18.9. The van der Waals surface area contributed by atoms with E-state index in [1.807, 2.05) is 0 Å². The highest BCUT2D eigenvalue weighted by Crippen LogP contribution is 2.27. The van der Waals surface area contributed by atoms with E-state index in [1.165, 1.54) is 11.1 Å². The molecule has 0 spiro atoms. The van der Waals surface area contributed by atoms with Gasteiger partial charge in [0.2, 0.25) is 0 Å². The van der Waals surface area contributed by atoms with Crippen molar-refractivity contribution in [3.8, 4) is 0 Å². The van der Waals surface area contributed by atoms with Crippen LogP contribution in [0.5, 0.6) is 0 Å². The minimum atomic E-state index is -0.0614. The Hall–Kier alpha value is -2.16. The maximum Gasteiger partial charge on any atom is 0.256 e. The van der Waals surface area contributed by atoms with Crippen LogP contribution in [0.25, 0.3) is 0 Å². The average Bonchev–Trinajstić information content (AvgIpc) is 2.87. The molecule has 1 heterocycles. The van der Waals surface area contributed by atoms with Gasteiger partial charge in [-0.25, -0.2) is 0 Å². The van der Waals surface area contributed by atoms with Crippen molar-refractivity contribution in [1.82, 2.24) is 5.32 Å². The zero-order valence-electron chi connectivity index (χ0n) is 15.5. The van der Waals surface area contributed by atoms with Crippen molar-refractivity contribution in [1.29, 1.82) is 0 Å². The summed E-state index contributed by atoms with van der Waals surface area (Å²) in [7, 11) is 0. The number of nitrogens with zero attached hydrogens (tertiary/aromatic N) is 1. The Morgan fingerprint density at radius 1 is 1.20 bits per heavy atom. The fraction of sp³-hybridized carbons (Fsp3) is 0.455. The maximum absolute atomic E-state index is 12.6. The molecular weight excluding hydrogens is 308 g/mol. The smallest absolute Gasteiger partial charge is 0.256 e. The summed E-state index contributed by atoms with van der Waals surface area (Å²) in [5, 5.41) is 3.02. The number of nitrogens with one attached hydrogen (secondary N) is 1. The summed E-state index contributed by atoms with van der Waals surface area (Å²) in [5.41, 5.74) is 4.25. The summed E-state index contributed by atoms with van der Waals surface area (Å²) in [6.45, 7) is 6.47. The second-order valence-corrected chi connectivity index (χ2v) is 7.37. The van der Waals surface area contributed by atoms with E-state index >= 15 is 0 Å². The Kier molecular flexibility index (Phi) is 5.52. The second kappa shape index (κ2) is 7.81. The van der Waals surface area contributed by atoms with Crippen LogP contribution in [0.15, 0.2) is 63.9 Å². The summed E-state index contributed by atoms with van der Waals surface area (Å²) >= 11 is 0. The molecule has 3 rings (SSSR count). The predicted octanol–water partition coefficient (Wildman–Crippen LogP) is 4.65. The number of dihydropyridines is 1. The Balaban J connectivity index is 1.66. The third-order valence-corrected chi connectivity index (χ3v) is 5.33. The topological polar surface area (TPSA) is 41.5 Å². The van der Waals surface area contributed by atoms with Crippen LogP contribution in [-0.4, -0.2) is 18.2 Å². The molecule has 1 aliphatic heterocycles. The van der Waals surface area contributed by atoms with Crippen molar-refractivity contribution >= 4 is 12.1 Å². The van der Waals surface area contributed by atoms with Crippen LogP contribution in [0, 0.1) is 11.8 Å². The zero-order valence-corrected chi connectivity index (χ0v) is 15.5. The summed E-state index contributed by atoms with van der Waals surface area (Å²) in [4.78, 5) is 17.3. The first-order valence-corrected chi connectivity index (χ1v) is 9.33. The normalized spacial score (nSPS) is 29.2. The van der Waals surface area contributed by atoms with E-state index < -0.39 is 0 Å². The molecular formula is C22H28N2O. The van der Waals surface area contributed by atoms with E-state index in [9.17, 15) is 4.79 Å². The van der Waals surface area contributed by atoms with Gasteiger partial charge in [-0.1, -0.05) is 49.8 Å². The van der Waals surface area contributed by atoms with Crippen LogP contribution < -0.4 is 5.32 Å². The number of hydrogen-bond donors (Lipinski definition) is 1. The van der Waals surface area contributed by atoms with Gasteiger partial charge in [0.15, 0.2) is 0 Å². The number of allylic oxidation sites excluding steroid dienone is 6. The SMILES string of the molecule is CC1=CC(NC(=O)C2=CC(C)C(C3=CCCC=CC3)N=C2)=CCC1C. The molecule has 0 aromatic carbocycles. The van der Waals surface area contributed by atoms with Crippen LogP contribution in [-0.2, 0) is 4.79 Å². The first-order valence-electron chi connectivity index (χ1n) is 9.33. The molecule has 132 valence electrons. The maximum atomic E-state index is 12.6. The molecule has 0 bridgehead atoms. The molecule has 1 N–H and O–H groups in total. The third kappa shape index (κ3) is 4.28. The molecule has 3 heteroatoms. The fourth-order valence-corrected chi connectivity index (χ4v) is 3.54. The fourth-order valence-electron chi connectivity index (χ4n) is 3.54. The molecule has 1 amide bonds. The van der Waals surface area contributed by atoms with Gasteiger partial charge in [-0.2, -0.15) is 0 Å². The Bertz CT molecular complexity index is 718. The lowest BCUT2D eigenvalue weighted by Gasteiger charge is -2.24. The van der Waals surface area contributed by atoms with Crippen molar-refractivity contribution in [2.75, 3.05) is 0 Å². The number of carbonyl (C=O) groups is 1. The van der Waals surface area contributed by atoms with Gasteiger partial charge >= 0.3 is 0 Å². The summed E-state index contributed by atoms with van der Waals surface area (Å²) in [6, 6.07) is 0.163.